The molecule has 2 heterocycles. The topological polar surface area (TPSA) is 80.9 Å². The van der Waals surface area contributed by atoms with Crippen molar-refractivity contribution < 1.29 is 9.90 Å². The van der Waals surface area contributed by atoms with E-state index in [1.165, 1.54) is 0 Å². The minimum Gasteiger partial charge on any atom is -0.476 e. The molecule has 0 bridgehead atoms. The summed E-state index contributed by atoms with van der Waals surface area (Å²) in [7, 11) is 0. The summed E-state index contributed by atoms with van der Waals surface area (Å²) in [5.41, 5.74) is 2.66. The van der Waals surface area contributed by atoms with E-state index in [1.807, 2.05) is 38.1 Å². The van der Waals surface area contributed by atoms with Crippen molar-refractivity contribution in [3.05, 3.63) is 47.4 Å². The van der Waals surface area contributed by atoms with Crippen LogP contribution in [0.1, 0.15) is 21.9 Å². The zero-order valence-electron chi connectivity index (χ0n) is 11.0. The van der Waals surface area contributed by atoms with Crippen LogP contribution in [0.4, 0.5) is 0 Å². The van der Waals surface area contributed by atoms with Gasteiger partial charge in [-0.3, -0.25) is 0 Å². The van der Waals surface area contributed by atoms with Gasteiger partial charge in [0.25, 0.3) is 0 Å². The largest absolute Gasteiger partial charge is 0.476 e. The standard InChI is InChI=1S/C14H12N4O2/c1-8-7-9(2)18(17-8)13-10-5-3-4-6-11(10)15-16-12(13)14(19)20/h3-7H,1-2H3,(H,19,20). The van der Waals surface area contributed by atoms with E-state index >= 15 is 0 Å². The average Bonchev–Trinajstić information content (AvgIpc) is 2.76. The molecule has 0 spiro atoms. The van der Waals surface area contributed by atoms with E-state index in [9.17, 15) is 9.90 Å². The van der Waals surface area contributed by atoms with Gasteiger partial charge in [-0.15, -0.1) is 10.2 Å². The first-order chi connectivity index (χ1) is 9.58. The number of carboxylic acids is 1. The summed E-state index contributed by atoms with van der Waals surface area (Å²) in [4.78, 5) is 11.4. The van der Waals surface area contributed by atoms with Gasteiger partial charge in [-0.2, -0.15) is 5.10 Å². The summed E-state index contributed by atoms with van der Waals surface area (Å²) in [6.45, 7) is 3.74. The Morgan fingerprint density at radius 1 is 1.20 bits per heavy atom. The Morgan fingerprint density at radius 3 is 2.60 bits per heavy atom. The minimum atomic E-state index is -1.12. The molecule has 3 aromatic rings. The van der Waals surface area contributed by atoms with Gasteiger partial charge in [0.2, 0.25) is 0 Å². The number of aromatic carboxylic acids is 1. The maximum atomic E-state index is 11.4. The lowest BCUT2D eigenvalue weighted by Crippen LogP contribution is -2.12. The van der Waals surface area contributed by atoms with Crippen molar-refractivity contribution in [3.63, 3.8) is 0 Å². The molecule has 20 heavy (non-hydrogen) atoms. The van der Waals surface area contributed by atoms with E-state index < -0.39 is 5.97 Å². The molecule has 1 aromatic carbocycles. The van der Waals surface area contributed by atoms with Crippen molar-refractivity contribution in [2.75, 3.05) is 0 Å². The highest BCUT2D eigenvalue weighted by molar-refractivity contribution is 5.98. The van der Waals surface area contributed by atoms with Gasteiger partial charge in [0.1, 0.15) is 5.69 Å². The van der Waals surface area contributed by atoms with Crippen LogP contribution in [0, 0.1) is 13.8 Å². The van der Waals surface area contributed by atoms with Crippen LogP contribution >= 0.6 is 0 Å². The molecule has 0 saturated carbocycles. The van der Waals surface area contributed by atoms with E-state index in [1.54, 1.807) is 10.7 Å². The van der Waals surface area contributed by atoms with Crippen molar-refractivity contribution in [1.82, 2.24) is 20.0 Å². The molecular weight excluding hydrogens is 256 g/mol. The molecule has 0 amide bonds. The molecule has 0 aliphatic carbocycles. The summed E-state index contributed by atoms with van der Waals surface area (Å²) in [6.07, 6.45) is 0. The Morgan fingerprint density at radius 2 is 1.95 bits per heavy atom. The Balaban J connectivity index is 2.45. The highest BCUT2D eigenvalue weighted by Gasteiger charge is 2.20. The molecule has 6 nitrogen and oxygen atoms in total. The monoisotopic (exact) mass is 268 g/mol. The number of nitrogens with zero attached hydrogens (tertiary/aromatic N) is 4. The maximum Gasteiger partial charge on any atom is 0.358 e. The first-order valence-electron chi connectivity index (χ1n) is 6.10. The van der Waals surface area contributed by atoms with E-state index in [0.717, 1.165) is 11.4 Å². The van der Waals surface area contributed by atoms with E-state index in [0.29, 0.717) is 16.6 Å². The van der Waals surface area contributed by atoms with Crippen molar-refractivity contribution in [1.29, 1.82) is 0 Å². The Labute approximate surface area is 114 Å². The SMILES string of the molecule is Cc1cc(C)n(-c2c(C(=O)O)nnc3ccccc23)n1. The van der Waals surface area contributed by atoms with Gasteiger partial charge in [0.05, 0.1) is 11.2 Å². The van der Waals surface area contributed by atoms with Gasteiger partial charge >= 0.3 is 5.97 Å². The lowest BCUT2D eigenvalue weighted by molar-refractivity contribution is 0.0689. The summed E-state index contributed by atoms with van der Waals surface area (Å²) in [5, 5.41) is 22.2. The van der Waals surface area contributed by atoms with Crippen molar-refractivity contribution in [2.24, 2.45) is 0 Å². The third-order valence-electron chi connectivity index (χ3n) is 3.07. The molecule has 0 radical (unpaired) electrons. The Kier molecular flexibility index (Phi) is 2.71. The highest BCUT2D eigenvalue weighted by Crippen LogP contribution is 2.24. The molecule has 0 saturated heterocycles. The predicted molar refractivity (Wildman–Crippen MR) is 73.1 cm³/mol. The van der Waals surface area contributed by atoms with Crippen LogP contribution < -0.4 is 0 Å². The van der Waals surface area contributed by atoms with Crippen molar-refractivity contribution in [3.8, 4) is 5.69 Å². The van der Waals surface area contributed by atoms with E-state index in [2.05, 4.69) is 15.3 Å². The quantitative estimate of drug-likeness (QED) is 0.770. The fourth-order valence-electron chi connectivity index (χ4n) is 2.25. The van der Waals surface area contributed by atoms with Crippen LogP contribution in [0.15, 0.2) is 30.3 Å². The molecular formula is C14H12N4O2. The number of carbonyl (C=O) groups is 1. The van der Waals surface area contributed by atoms with Crippen LogP contribution in [0.3, 0.4) is 0 Å². The number of fused-ring (bicyclic) bond motifs is 1. The van der Waals surface area contributed by atoms with Gasteiger partial charge in [-0.05, 0) is 26.0 Å². The number of aryl methyl sites for hydroxylation is 2. The van der Waals surface area contributed by atoms with E-state index in [-0.39, 0.29) is 5.69 Å². The molecule has 0 atom stereocenters. The van der Waals surface area contributed by atoms with Crippen LogP contribution in [0.2, 0.25) is 0 Å². The summed E-state index contributed by atoms with van der Waals surface area (Å²) in [6, 6.07) is 9.18. The molecule has 3 rings (SSSR count). The molecule has 0 aliphatic heterocycles. The molecule has 0 aliphatic rings. The second-order valence-electron chi connectivity index (χ2n) is 4.56. The summed E-state index contributed by atoms with van der Waals surface area (Å²) in [5.74, 6) is -1.12. The fourth-order valence-corrected chi connectivity index (χ4v) is 2.25. The number of aromatic nitrogens is 4. The van der Waals surface area contributed by atoms with Gasteiger partial charge in [-0.1, -0.05) is 18.2 Å². The molecule has 0 fully saturated rings. The van der Waals surface area contributed by atoms with Crippen molar-refractivity contribution >= 4 is 16.9 Å². The normalized spacial score (nSPS) is 10.9. The third kappa shape index (κ3) is 1.82. The van der Waals surface area contributed by atoms with Gasteiger partial charge in [-0.25, -0.2) is 9.48 Å². The molecule has 100 valence electrons. The maximum absolute atomic E-state index is 11.4. The third-order valence-corrected chi connectivity index (χ3v) is 3.07. The minimum absolute atomic E-state index is 0.102. The number of carboxylic acid groups (broad SMARTS) is 1. The second kappa shape index (κ2) is 4.41. The summed E-state index contributed by atoms with van der Waals surface area (Å²) < 4.78 is 1.61. The molecule has 1 N–H and O–H groups in total. The Hall–Kier alpha value is -2.76. The summed E-state index contributed by atoms with van der Waals surface area (Å²) >= 11 is 0. The van der Waals surface area contributed by atoms with Crippen LogP contribution in [0.5, 0.6) is 0 Å². The lowest BCUT2D eigenvalue weighted by atomic mass is 10.1. The van der Waals surface area contributed by atoms with E-state index in [4.69, 9.17) is 0 Å². The van der Waals surface area contributed by atoms with Crippen LogP contribution in [-0.4, -0.2) is 31.1 Å². The fraction of sp³-hybridized carbons (Fsp3) is 0.143. The van der Waals surface area contributed by atoms with Gasteiger partial charge in [0, 0.05) is 11.1 Å². The number of hydrogen-bond donors (Lipinski definition) is 1. The first-order valence-corrected chi connectivity index (χ1v) is 6.10. The lowest BCUT2D eigenvalue weighted by Gasteiger charge is -2.10. The van der Waals surface area contributed by atoms with Gasteiger partial charge < -0.3 is 5.11 Å². The zero-order valence-corrected chi connectivity index (χ0v) is 11.0. The zero-order chi connectivity index (χ0) is 14.3. The molecule has 0 unspecified atom stereocenters. The van der Waals surface area contributed by atoms with Crippen LogP contribution in [0.25, 0.3) is 16.6 Å². The average molecular weight is 268 g/mol. The van der Waals surface area contributed by atoms with Crippen LogP contribution in [-0.2, 0) is 0 Å². The van der Waals surface area contributed by atoms with Gasteiger partial charge in [0.15, 0.2) is 5.69 Å². The molecule has 2 aromatic heterocycles. The highest BCUT2D eigenvalue weighted by atomic mass is 16.4. The first kappa shape index (κ1) is 12.3. The smallest absolute Gasteiger partial charge is 0.358 e. The van der Waals surface area contributed by atoms with Crippen molar-refractivity contribution in [2.45, 2.75) is 13.8 Å². The predicted octanol–water partition coefficient (Wildman–Crippen LogP) is 2.13. The number of hydrogen-bond acceptors (Lipinski definition) is 4. The number of benzene rings is 1. The number of rotatable bonds is 2. The second-order valence-corrected chi connectivity index (χ2v) is 4.56. The molecule has 6 heteroatoms. The Bertz CT molecular complexity index is 823.